The molecule has 0 N–H and O–H groups in total. The molecule has 1 aromatic carbocycles. The first-order chi connectivity index (χ1) is 8.27. The minimum absolute atomic E-state index is 0.296. The summed E-state index contributed by atoms with van der Waals surface area (Å²) in [6, 6.07) is 10.0. The fourth-order valence-corrected chi connectivity index (χ4v) is 2.56. The van der Waals surface area contributed by atoms with Crippen LogP contribution in [0.15, 0.2) is 36.9 Å². The third kappa shape index (κ3) is 3.29. The lowest BCUT2D eigenvalue weighted by Gasteiger charge is -2.20. The summed E-state index contributed by atoms with van der Waals surface area (Å²) >= 11 is 0. The Morgan fingerprint density at radius 3 is 2.41 bits per heavy atom. The van der Waals surface area contributed by atoms with Crippen LogP contribution in [0.3, 0.4) is 0 Å². The largest absolute Gasteiger partial charge is 0.299 e. The van der Waals surface area contributed by atoms with Crippen LogP contribution in [0.1, 0.15) is 44.1 Å². The van der Waals surface area contributed by atoms with Crippen LogP contribution in [-0.2, 0) is 4.79 Å². The van der Waals surface area contributed by atoms with Gasteiger partial charge < -0.3 is 0 Å². The van der Waals surface area contributed by atoms with Gasteiger partial charge in [-0.3, -0.25) is 4.79 Å². The number of carbonyl (C=O) groups is 1. The molecule has 1 saturated carbocycles. The second-order valence-electron chi connectivity index (χ2n) is 4.95. The van der Waals surface area contributed by atoms with Gasteiger partial charge in [-0.2, -0.15) is 0 Å². The van der Waals surface area contributed by atoms with Gasteiger partial charge in [0.15, 0.2) is 0 Å². The van der Waals surface area contributed by atoms with E-state index < -0.39 is 0 Å². The number of hydrogen-bond acceptors (Lipinski definition) is 1. The van der Waals surface area contributed by atoms with E-state index in [2.05, 4.69) is 6.58 Å². The van der Waals surface area contributed by atoms with Gasteiger partial charge in [0, 0.05) is 12.3 Å². The number of benzene rings is 1. The molecule has 0 radical (unpaired) electrons. The van der Waals surface area contributed by atoms with Gasteiger partial charge in [-0.25, -0.2) is 0 Å². The molecule has 1 aliphatic rings. The minimum atomic E-state index is 0.296. The summed E-state index contributed by atoms with van der Waals surface area (Å²) in [5, 5.41) is 0. The van der Waals surface area contributed by atoms with E-state index in [0.29, 0.717) is 18.1 Å². The molecule has 17 heavy (non-hydrogen) atoms. The summed E-state index contributed by atoms with van der Waals surface area (Å²) in [5.74, 6) is 0.683. The summed E-state index contributed by atoms with van der Waals surface area (Å²) in [6.07, 6.45) is 6.42. The van der Waals surface area contributed by atoms with E-state index >= 15 is 0 Å². The first kappa shape index (κ1) is 12.1. The Bertz CT molecular complexity index is 385. The Morgan fingerprint density at radius 2 is 1.76 bits per heavy atom. The Kier molecular flexibility index (Phi) is 4.13. The van der Waals surface area contributed by atoms with E-state index in [1.807, 2.05) is 30.3 Å². The molecule has 0 bridgehead atoms. The lowest BCUT2D eigenvalue weighted by atomic mass is 9.83. The van der Waals surface area contributed by atoms with E-state index in [-0.39, 0.29) is 0 Å². The van der Waals surface area contributed by atoms with Gasteiger partial charge in [-0.05, 0) is 24.0 Å². The molecular formula is C16H20O. The van der Waals surface area contributed by atoms with E-state index in [1.165, 1.54) is 19.3 Å². The standard InChI is InChI=1S/C16H20O/c1-13(14-8-4-2-5-9-14)12-16(17)15-10-6-3-7-11-15/h2,4-5,8-9,15H,1,3,6-7,10-12H2. The van der Waals surface area contributed by atoms with Crippen molar-refractivity contribution >= 4 is 11.4 Å². The molecule has 0 unspecified atom stereocenters. The maximum Gasteiger partial charge on any atom is 0.140 e. The maximum absolute atomic E-state index is 12.1. The highest BCUT2D eigenvalue weighted by Gasteiger charge is 2.21. The number of hydrogen-bond donors (Lipinski definition) is 0. The Balaban J connectivity index is 1.92. The number of carbonyl (C=O) groups excluding carboxylic acids is 1. The zero-order chi connectivity index (χ0) is 12.1. The molecule has 2 rings (SSSR count). The quantitative estimate of drug-likeness (QED) is 0.753. The van der Waals surface area contributed by atoms with Crippen molar-refractivity contribution in [3.8, 4) is 0 Å². The van der Waals surface area contributed by atoms with Crippen LogP contribution in [0.4, 0.5) is 0 Å². The zero-order valence-corrected chi connectivity index (χ0v) is 10.3. The molecule has 0 aliphatic heterocycles. The second-order valence-corrected chi connectivity index (χ2v) is 4.95. The summed E-state index contributed by atoms with van der Waals surface area (Å²) in [6.45, 7) is 4.04. The first-order valence-corrected chi connectivity index (χ1v) is 6.53. The highest BCUT2D eigenvalue weighted by atomic mass is 16.1. The molecule has 0 heterocycles. The monoisotopic (exact) mass is 228 g/mol. The van der Waals surface area contributed by atoms with Crippen molar-refractivity contribution in [3.63, 3.8) is 0 Å². The van der Waals surface area contributed by atoms with Crippen LogP contribution in [0.5, 0.6) is 0 Å². The van der Waals surface area contributed by atoms with Gasteiger partial charge in [0.1, 0.15) is 5.78 Å². The molecule has 0 atom stereocenters. The lowest BCUT2D eigenvalue weighted by Crippen LogP contribution is -2.17. The van der Waals surface area contributed by atoms with Gasteiger partial charge in [-0.1, -0.05) is 56.2 Å². The SMILES string of the molecule is C=C(CC(=O)C1CCCCC1)c1ccccc1. The molecule has 1 aliphatic carbocycles. The maximum atomic E-state index is 12.1. The van der Waals surface area contributed by atoms with E-state index in [0.717, 1.165) is 24.0 Å². The van der Waals surface area contributed by atoms with E-state index in [4.69, 9.17) is 0 Å². The van der Waals surface area contributed by atoms with Crippen molar-refractivity contribution in [3.05, 3.63) is 42.5 Å². The fraction of sp³-hybridized carbons (Fsp3) is 0.438. The number of allylic oxidation sites excluding steroid dienone is 1. The second kappa shape index (κ2) is 5.81. The Labute approximate surface area is 104 Å². The molecule has 90 valence electrons. The predicted octanol–water partition coefficient (Wildman–Crippen LogP) is 4.24. The van der Waals surface area contributed by atoms with Gasteiger partial charge in [0.2, 0.25) is 0 Å². The van der Waals surface area contributed by atoms with Gasteiger partial charge in [0.25, 0.3) is 0 Å². The summed E-state index contributed by atoms with van der Waals surface area (Å²) in [5.41, 5.74) is 2.05. The van der Waals surface area contributed by atoms with Crippen molar-refractivity contribution < 1.29 is 4.79 Å². The van der Waals surface area contributed by atoms with Gasteiger partial charge >= 0.3 is 0 Å². The average Bonchev–Trinajstić information content (AvgIpc) is 2.40. The highest BCUT2D eigenvalue weighted by Crippen LogP contribution is 2.27. The van der Waals surface area contributed by atoms with Crippen molar-refractivity contribution in [2.75, 3.05) is 0 Å². The van der Waals surface area contributed by atoms with Gasteiger partial charge in [0.05, 0.1) is 0 Å². The summed E-state index contributed by atoms with van der Waals surface area (Å²) in [4.78, 5) is 12.1. The summed E-state index contributed by atoms with van der Waals surface area (Å²) in [7, 11) is 0. The highest BCUT2D eigenvalue weighted by molar-refractivity contribution is 5.91. The number of ketones is 1. The molecule has 1 heteroatoms. The van der Waals surface area contributed by atoms with E-state index in [9.17, 15) is 4.79 Å². The van der Waals surface area contributed by atoms with Crippen LogP contribution < -0.4 is 0 Å². The molecule has 1 aromatic rings. The molecule has 0 saturated heterocycles. The van der Waals surface area contributed by atoms with Crippen molar-refractivity contribution in [1.29, 1.82) is 0 Å². The zero-order valence-electron chi connectivity index (χ0n) is 10.3. The Morgan fingerprint density at radius 1 is 1.12 bits per heavy atom. The average molecular weight is 228 g/mol. The van der Waals surface area contributed by atoms with Crippen LogP contribution in [-0.4, -0.2) is 5.78 Å². The third-order valence-electron chi connectivity index (χ3n) is 3.63. The normalized spacial score (nSPS) is 16.7. The van der Waals surface area contributed by atoms with Crippen molar-refractivity contribution in [2.45, 2.75) is 38.5 Å². The molecule has 1 nitrogen and oxygen atoms in total. The lowest BCUT2D eigenvalue weighted by molar-refractivity contribution is -0.122. The fourth-order valence-electron chi connectivity index (χ4n) is 2.56. The predicted molar refractivity (Wildman–Crippen MR) is 71.7 cm³/mol. The van der Waals surface area contributed by atoms with E-state index in [1.54, 1.807) is 0 Å². The molecule has 1 fully saturated rings. The van der Waals surface area contributed by atoms with Gasteiger partial charge in [-0.15, -0.1) is 0 Å². The molecule has 0 aromatic heterocycles. The van der Waals surface area contributed by atoms with Crippen LogP contribution >= 0.6 is 0 Å². The summed E-state index contributed by atoms with van der Waals surface area (Å²) < 4.78 is 0. The topological polar surface area (TPSA) is 17.1 Å². The number of rotatable bonds is 4. The Hall–Kier alpha value is -1.37. The number of Topliss-reactive ketones (excluding diaryl/α,β-unsaturated/α-hetero) is 1. The van der Waals surface area contributed by atoms with Crippen molar-refractivity contribution in [1.82, 2.24) is 0 Å². The molecular weight excluding hydrogens is 208 g/mol. The molecule has 0 amide bonds. The third-order valence-corrected chi connectivity index (χ3v) is 3.63. The minimum Gasteiger partial charge on any atom is -0.299 e. The van der Waals surface area contributed by atoms with Crippen LogP contribution in [0.25, 0.3) is 5.57 Å². The van der Waals surface area contributed by atoms with Crippen LogP contribution in [0, 0.1) is 5.92 Å². The first-order valence-electron chi connectivity index (χ1n) is 6.53. The smallest absolute Gasteiger partial charge is 0.140 e. The van der Waals surface area contributed by atoms with Crippen LogP contribution in [0.2, 0.25) is 0 Å². The van der Waals surface area contributed by atoms with Crippen molar-refractivity contribution in [2.24, 2.45) is 5.92 Å². The molecule has 0 spiro atoms.